The number of esters is 3. The van der Waals surface area contributed by atoms with Gasteiger partial charge in [-0.1, -0.05) is 53.2 Å². The van der Waals surface area contributed by atoms with Gasteiger partial charge in [-0.25, -0.2) is 0 Å². The molecule has 9 rings (SSSR count). The maximum absolute atomic E-state index is 16.1. The molecule has 82 heavy (non-hydrogen) atoms. The average molecular weight is 1180 g/mol. The largest absolute Gasteiger partial charge is 0.457 e. The van der Waals surface area contributed by atoms with E-state index >= 15 is 4.79 Å². The number of aliphatic hydroxyl groups is 13. The van der Waals surface area contributed by atoms with Crippen LogP contribution in [0.25, 0.3) is 0 Å². The molecule has 468 valence electrons. The first-order chi connectivity index (χ1) is 38.4. The number of carbonyl (C=O) groups is 3. The highest BCUT2D eigenvalue weighted by Gasteiger charge is 2.74. The van der Waals surface area contributed by atoms with Crippen LogP contribution in [0.4, 0.5) is 0 Å². The molecule has 5 aliphatic carbocycles. The van der Waals surface area contributed by atoms with E-state index in [0.29, 0.717) is 32.1 Å². The molecule has 26 heteroatoms. The fourth-order valence-electron chi connectivity index (χ4n) is 16.8. The number of carbonyl (C=O) groups excluding carboxylic acids is 3. The number of allylic oxidation sites excluding steroid dienone is 2. The molecule has 0 bridgehead atoms. The predicted molar refractivity (Wildman–Crippen MR) is 274 cm³/mol. The molecule has 0 amide bonds. The monoisotopic (exact) mass is 1180 g/mol. The number of fused-ring (bicyclic) bond motifs is 7. The second-order valence-electron chi connectivity index (χ2n) is 26.7. The van der Waals surface area contributed by atoms with Gasteiger partial charge < -0.3 is 114 Å². The van der Waals surface area contributed by atoms with E-state index in [4.69, 9.17) is 47.4 Å². The van der Waals surface area contributed by atoms with Gasteiger partial charge in [0, 0.05) is 19.3 Å². The standard InChI is InChI=1S/C56H88O26/c1-23(60)75-31-21-74-48(43(38(31)67)76-24(2)61)82-50(72)56-14-13-51(3,4)15-26(56)25-9-10-33-52(5)16-27(62)45(81-47-42(71)39(68)36(65)29(18-57)77-47)53(6,22-59)32(52)11-12-54(33,7)55(25,8)17-34(56)79-49-44(40(69)37(66)30(19-58)78-49)80-46-41(70)35(64)28(63)20-73-46/h9,26-49,57-59,62-71H,10-22H2,1-8H3/t26-,27-,28-,29+,30+,31-,32+,33+,34+,35-,36+,37+,38-,39-,40-,41+,42+,43+,44+,45-,46-,47-,48-,49-,52-,53-,54+,55+,56+/m0/s1. The first-order valence-corrected chi connectivity index (χ1v) is 28.8. The lowest BCUT2D eigenvalue weighted by Crippen LogP contribution is -2.71. The Morgan fingerprint density at radius 3 is 1.84 bits per heavy atom. The molecular weight excluding hydrogens is 1090 g/mol. The van der Waals surface area contributed by atoms with Crippen molar-refractivity contribution in [2.24, 2.45) is 50.2 Å². The third-order valence-corrected chi connectivity index (χ3v) is 21.3. The molecule has 0 spiro atoms. The fraction of sp³-hybridized carbons (Fsp3) is 0.911. The van der Waals surface area contributed by atoms with E-state index in [2.05, 4.69) is 40.7 Å². The Morgan fingerprint density at radius 2 is 1.21 bits per heavy atom. The van der Waals surface area contributed by atoms with Gasteiger partial charge in [-0.2, -0.15) is 0 Å². The second kappa shape index (κ2) is 23.5. The first-order valence-electron chi connectivity index (χ1n) is 28.8. The molecule has 29 atom stereocenters. The number of hydrogen-bond acceptors (Lipinski definition) is 26. The van der Waals surface area contributed by atoms with Crippen LogP contribution in [0.1, 0.15) is 107 Å². The Balaban J connectivity index is 1.14. The SMILES string of the molecule is CC(=O)O[C@H]1[C@H](OC(=O)[C@]23CCC(C)(C)C[C@H]2C2=CC[C@@H]4[C@@]5(C)C[C@H](O)[C@H](O[C@@H]6O[C@H](CO)[C@@H](O)[C@H](O)[C@H]6O)[C@@](C)(CO)[C@@H]5CC[C@@]4(C)[C@]2(C)C[C@H]3O[C@@H]2O[C@H](CO)[C@@H](O)[C@H](O)[C@H]2O[C@@H]2OC[C@H](O)[C@H](O)[C@H]2O)OC[C@H](OC(C)=O)[C@@H]1O. The van der Waals surface area contributed by atoms with Crippen LogP contribution in [0, 0.1) is 50.2 Å². The Morgan fingerprint density at radius 1 is 0.585 bits per heavy atom. The Hall–Kier alpha value is -2.65. The van der Waals surface area contributed by atoms with Crippen molar-refractivity contribution in [1.82, 2.24) is 0 Å². The summed E-state index contributed by atoms with van der Waals surface area (Å²) in [7, 11) is 0. The lowest BCUT2D eigenvalue weighted by molar-refractivity contribution is -0.371. The summed E-state index contributed by atoms with van der Waals surface area (Å²) in [5.74, 6) is -3.94. The minimum atomic E-state index is -1.93. The van der Waals surface area contributed by atoms with Crippen LogP contribution in [0.15, 0.2) is 11.6 Å². The summed E-state index contributed by atoms with van der Waals surface area (Å²) >= 11 is 0. The minimum absolute atomic E-state index is 0.000194. The summed E-state index contributed by atoms with van der Waals surface area (Å²) < 4.78 is 60.5. The Bertz CT molecular complexity index is 2340. The maximum atomic E-state index is 16.1. The van der Waals surface area contributed by atoms with E-state index in [1.807, 2.05) is 0 Å². The van der Waals surface area contributed by atoms with E-state index < -0.39 is 218 Å². The maximum Gasteiger partial charge on any atom is 0.317 e. The van der Waals surface area contributed by atoms with Gasteiger partial charge in [0.1, 0.15) is 78.7 Å². The second-order valence-corrected chi connectivity index (χ2v) is 26.7. The molecule has 0 aromatic rings. The van der Waals surface area contributed by atoms with Gasteiger partial charge in [-0.3, -0.25) is 14.4 Å². The van der Waals surface area contributed by atoms with Crippen LogP contribution < -0.4 is 0 Å². The fourth-order valence-corrected chi connectivity index (χ4v) is 16.8. The van der Waals surface area contributed by atoms with Gasteiger partial charge in [0.05, 0.1) is 51.3 Å². The third-order valence-electron chi connectivity index (χ3n) is 21.3. The van der Waals surface area contributed by atoms with Crippen LogP contribution in [0.3, 0.4) is 0 Å². The van der Waals surface area contributed by atoms with Crippen LogP contribution in [0.5, 0.6) is 0 Å². The van der Waals surface area contributed by atoms with E-state index in [9.17, 15) is 76.0 Å². The normalized spacial score (nSPS) is 51.9. The summed E-state index contributed by atoms with van der Waals surface area (Å²) in [6.45, 7) is 11.4. The zero-order chi connectivity index (χ0) is 60.1. The lowest BCUT2D eigenvalue weighted by Gasteiger charge is -2.72. The minimum Gasteiger partial charge on any atom is -0.457 e. The third kappa shape index (κ3) is 10.6. The van der Waals surface area contributed by atoms with E-state index in [0.717, 1.165) is 19.4 Å². The smallest absolute Gasteiger partial charge is 0.317 e. The summed E-state index contributed by atoms with van der Waals surface area (Å²) in [4.78, 5) is 40.8. The average Bonchev–Trinajstić information content (AvgIpc) is 3.61. The highest BCUT2D eigenvalue weighted by atomic mass is 16.8. The topological polar surface area (TPSA) is 407 Å². The van der Waals surface area contributed by atoms with Crippen LogP contribution in [-0.4, -0.2) is 246 Å². The first kappa shape index (κ1) is 63.8. The predicted octanol–water partition coefficient (Wildman–Crippen LogP) is -2.70. The van der Waals surface area contributed by atoms with Crippen molar-refractivity contribution in [2.45, 2.75) is 236 Å². The Labute approximate surface area is 475 Å². The number of hydrogen-bond donors (Lipinski definition) is 13. The summed E-state index contributed by atoms with van der Waals surface area (Å²) in [6.07, 6.45) is -29.6. The van der Waals surface area contributed by atoms with Gasteiger partial charge in [0.15, 0.2) is 31.1 Å². The lowest BCUT2D eigenvalue weighted by atomic mass is 9.33. The quantitative estimate of drug-likeness (QED) is 0.0386. The molecule has 0 aromatic carbocycles. The number of ether oxygens (including phenoxy) is 10. The van der Waals surface area contributed by atoms with Crippen molar-refractivity contribution < 1.29 is 128 Å². The zero-order valence-electron chi connectivity index (χ0n) is 47.7. The van der Waals surface area contributed by atoms with Crippen molar-refractivity contribution in [1.29, 1.82) is 0 Å². The molecule has 4 saturated carbocycles. The molecule has 0 unspecified atom stereocenters. The van der Waals surface area contributed by atoms with Crippen LogP contribution in [0.2, 0.25) is 0 Å². The Kier molecular flexibility index (Phi) is 18.3. The van der Waals surface area contributed by atoms with Crippen LogP contribution in [-0.2, 0) is 61.8 Å². The molecule has 26 nitrogen and oxygen atoms in total. The van der Waals surface area contributed by atoms with Gasteiger partial charge in [-0.05, 0) is 90.8 Å². The zero-order valence-corrected chi connectivity index (χ0v) is 47.7. The van der Waals surface area contributed by atoms with E-state index in [1.54, 1.807) is 6.92 Å². The number of aliphatic hydroxyl groups excluding tert-OH is 13. The molecule has 4 aliphatic heterocycles. The molecule has 0 radical (unpaired) electrons. The summed E-state index contributed by atoms with van der Waals surface area (Å²) in [5.41, 5.74) is -4.98. The van der Waals surface area contributed by atoms with Crippen molar-refractivity contribution in [2.75, 3.05) is 33.0 Å². The van der Waals surface area contributed by atoms with Crippen molar-refractivity contribution in [3.8, 4) is 0 Å². The molecule has 8 fully saturated rings. The highest BCUT2D eigenvalue weighted by molar-refractivity contribution is 5.80. The number of rotatable bonds is 13. The van der Waals surface area contributed by atoms with E-state index in [1.165, 1.54) is 0 Å². The van der Waals surface area contributed by atoms with E-state index in [-0.39, 0.29) is 31.1 Å². The molecule has 0 aromatic heterocycles. The molecule has 4 heterocycles. The van der Waals surface area contributed by atoms with Crippen molar-refractivity contribution >= 4 is 17.9 Å². The van der Waals surface area contributed by atoms with Gasteiger partial charge in [0.2, 0.25) is 6.29 Å². The van der Waals surface area contributed by atoms with Crippen LogP contribution >= 0.6 is 0 Å². The van der Waals surface area contributed by atoms with Crippen molar-refractivity contribution in [3.05, 3.63) is 11.6 Å². The van der Waals surface area contributed by atoms with Gasteiger partial charge >= 0.3 is 17.9 Å². The van der Waals surface area contributed by atoms with Crippen molar-refractivity contribution in [3.63, 3.8) is 0 Å². The molecular formula is C56H88O26. The summed E-state index contributed by atoms with van der Waals surface area (Å²) in [6, 6.07) is 0. The molecule has 13 N–H and O–H groups in total. The van der Waals surface area contributed by atoms with Gasteiger partial charge in [0.25, 0.3) is 0 Å². The summed E-state index contributed by atoms with van der Waals surface area (Å²) in [5, 5.41) is 144. The van der Waals surface area contributed by atoms with Gasteiger partial charge in [-0.15, -0.1) is 0 Å². The molecule has 4 saturated heterocycles. The highest BCUT2D eigenvalue weighted by Crippen LogP contribution is 2.76. The molecule has 9 aliphatic rings.